The van der Waals surface area contributed by atoms with E-state index in [0.717, 1.165) is 6.07 Å². The Labute approximate surface area is 119 Å². The molecule has 3 nitrogen and oxygen atoms in total. The predicted molar refractivity (Wildman–Crippen MR) is 75.2 cm³/mol. The molecule has 1 amide bonds. The van der Waals surface area contributed by atoms with Crippen molar-refractivity contribution in [3.8, 4) is 0 Å². The first-order valence-corrected chi connectivity index (χ1v) is 6.04. The van der Waals surface area contributed by atoms with Gasteiger partial charge in [-0.05, 0) is 36.4 Å². The van der Waals surface area contributed by atoms with Gasteiger partial charge in [0.25, 0.3) is 5.91 Å². The smallest absolute Gasteiger partial charge is 0.255 e. The molecular weight excluding hydrogens is 290 g/mol. The molecule has 0 aliphatic rings. The van der Waals surface area contributed by atoms with E-state index in [4.69, 9.17) is 28.9 Å². The van der Waals surface area contributed by atoms with Gasteiger partial charge in [0.1, 0.15) is 5.82 Å². The molecule has 0 fully saturated rings. The Hall–Kier alpha value is -1.78. The highest BCUT2D eigenvalue weighted by Crippen LogP contribution is 2.26. The Kier molecular flexibility index (Phi) is 3.93. The third kappa shape index (κ3) is 3.16. The number of carbonyl (C=O) groups is 1. The van der Waals surface area contributed by atoms with Crippen molar-refractivity contribution in [3.05, 3.63) is 57.8 Å². The molecule has 2 aromatic carbocycles. The van der Waals surface area contributed by atoms with Crippen LogP contribution in [0.1, 0.15) is 10.4 Å². The van der Waals surface area contributed by atoms with E-state index >= 15 is 0 Å². The van der Waals surface area contributed by atoms with Crippen LogP contribution in [0.5, 0.6) is 0 Å². The summed E-state index contributed by atoms with van der Waals surface area (Å²) in [5, 5.41) is 3.33. The number of benzene rings is 2. The Bertz CT molecular complexity index is 647. The number of anilines is 2. The van der Waals surface area contributed by atoms with Crippen LogP contribution in [0.2, 0.25) is 10.0 Å². The lowest BCUT2D eigenvalue weighted by Crippen LogP contribution is -2.12. The van der Waals surface area contributed by atoms with Gasteiger partial charge < -0.3 is 11.1 Å². The maximum absolute atomic E-state index is 13.3. The number of rotatable bonds is 2. The van der Waals surface area contributed by atoms with Crippen LogP contribution in [0.25, 0.3) is 0 Å². The topological polar surface area (TPSA) is 55.1 Å². The Balaban J connectivity index is 2.25. The molecule has 98 valence electrons. The van der Waals surface area contributed by atoms with E-state index in [2.05, 4.69) is 5.32 Å². The number of nitrogens with two attached hydrogens (primary N) is 1. The molecule has 3 N–H and O–H groups in total. The summed E-state index contributed by atoms with van der Waals surface area (Å²) in [6.07, 6.45) is 0. The number of hydrogen-bond acceptors (Lipinski definition) is 2. The van der Waals surface area contributed by atoms with Crippen LogP contribution in [-0.4, -0.2) is 5.91 Å². The summed E-state index contributed by atoms with van der Waals surface area (Å²) in [5.41, 5.74) is 5.82. The zero-order valence-corrected chi connectivity index (χ0v) is 11.1. The van der Waals surface area contributed by atoms with Gasteiger partial charge in [0.05, 0.1) is 16.4 Å². The SMILES string of the molecule is Nc1ccc(C(=O)Nc2cc(Cl)ccc2Cl)cc1F. The maximum Gasteiger partial charge on any atom is 0.255 e. The molecule has 0 unspecified atom stereocenters. The first-order valence-electron chi connectivity index (χ1n) is 5.29. The summed E-state index contributed by atoms with van der Waals surface area (Å²) in [7, 11) is 0. The summed E-state index contributed by atoms with van der Waals surface area (Å²) in [5.74, 6) is -1.15. The van der Waals surface area contributed by atoms with E-state index in [1.54, 1.807) is 12.1 Å². The summed E-state index contributed by atoms with van der Waals surface area (Å²) in [6, 6.07) is 8.47. The normalized spacial score (nSPS) is 10.3. The highest BCUT2D eigenvalue weighted by Gasteiger charge is 2.11. The molecule has 0 saturated heterocycles. The molecule has 0 spiro atoms. The quantitative estimate of drug-likeness (QED) is 0.824. The Morgan fingerprint density at radius 2 is 1.89 bits per heavy atom. The molecule has 0 aliphatic heterocycles. The van der Waals surface area contributed by atoms with Crippen LogP contribution >= 0.6 is 23.2 Å². The number of nitrogen functional groups attached to an aromatic ring is 1. The Morgan fingerprint density at radius 3 is 2.58 bits per heavy atom. The van der Waals surface area contributed by atoms with Crippen molar-refractivity contribution < 1.29 is 9.18 Å². The molecular formula is C13H9Cl2FN2O. The van der Waals surface area contributed by atoms with Gasteiger partial charge in [0.15, 0.2) is 0 Å². The zero-order chi connectivity index (χ0) is 14.0. The molecule has 2 rings (SSSR count). The summed E-state index contributed by atoms with van der Waals surface area (Å²) in [4.78, 5) is 11.9. The Morgan fingerprint density at radius 1 is 1.16 bits per heavy atom. The third-order valence-electron chi connectivity index (χ3n) is 2.44. The molecule has 0 radical (unpaired) electrons. The van der Waals surface area contributed by atoms with E-state index in [9.17, 15) is 9.18 Å². The summed E-state index contributed by atoms with van der Waals surface area (Å²) >= 11 is 11.7. The van der Waals surface area contributed by atoms with E-state index in [1.807, 2.05) is 0 Å². The van der Waals surface area contributed by atoms with Gasteiger partial charge in [0.2, 0.25) is 0 Å². The minimum Gasteiger partial charge on any atom is -0.396 e. The van der Waals surface area contributed by atoms with Crippen LogP contribution in [0.3, 0.4) is 0 Å². The van der Waals surface area contributed by atoms with Gasteiger partial charge in [-0.1, -0.05) is 23.2 Å². The zero-order valence-electron chi connectivity index (χ0n) is 9.58. The second-order valence-corrected chi connectivity index (χ2v) is 4.66. The number of nitrogens with one attached hydrogen (secondary N) is 1. The fourth-order valence-corrected chi connectivity index (χ4v) is 1.79. The van der Waals surface area contributed by atoms with Crippen LogP contribution in [0.4, 0.5) is 15.8 Å². The first kappa shape index (κ1) is 13.6. The second kappa shape index (κ2) is 5.47. The molecule has 0 atom stereocenters. The van der Waals surface area contributed by atoms with Crippen molar-refractivity contribution in [1.29, 1.82) is 0 Å². The van der Waals surface area contributed by atoms with Crippen molar-refractivity contribution >= 4 is 40.5 Å². The van der Waals surface area contributed by atoms with Crippen LogP contribution < -0.4 is 11.1 Å². The summed E-state index contributed by atoms with van der Waals surface area (Å²) < 4.78 is 13.3. The fourth-order valence-electron chi connectivity index (χ4n) is 1.46. The van der Waals surface area contributed by atoms with Gasteiger partial charge in [-0.2, -0.15) is 0 Å². The largest absolute Gasteiger partial charge is 0.396 e. The predicted octanol–water partition coefficient (Wildman–Crippen LogP) is 3.97. The minimum absolute atomic E-state index is 0.0164. The maximum atomic E-state index is 13.3. The average Bonchev–Trinajstić information content (AvgIpc) is 2.37. The van der Waals surface area contributed by atoms with Gasteiger partial charge in [-0.25, -0.2) is 4.39 Å². The molecule has 0 heterocycles. The highest BCUT2D eigenvalue weighted by molar-refractivity contribution is 6.35. The molecule has 19 heavy (non-hydrogen) atoms. The first-order chi connectivity index (χ1) is 8.97. The molecule has 2 aromatic rings. The van der Waals surface area contributed by atoms with E-state index in [0.29, 0.717) is 15.7 Å². The lowest BCUT2D eigenvalue weighted by Gasteiger charge is -2.08. The van der Waals surface area contributed by atoms with E-state index in [-0.39, 0.29) is 11.3 Å². The number of amides is 1. The fraction of sp³-hybridized carbons (Fsp3) is 0. The van der Waals surface area contributed by atoms with Gasteiger partial charge >= 0.3 is 0 Å². The van der Waals surface area contributed by atoms with E-state index in [1.165, 1.54) is 18.2 Å². The van der Waals surface area contributed by atoms with Crippen LogP contribution in [0.15, 0.2) is 36.4 Å². The van der Waals surface area contributed by atoms with Crippen molar-refractivity contribution in [2.45, 2.75) is 0 Å². The van der Waals surface area contributed by atoms with Crippen molar-refractivity contribution in [2.75, 3.05) is 11.1 Å². The standard InChI is InChI=1S/C13H9Cl2FN2O/c14-8-2-3-9(15)12(6-8)18-13(19)7-1-4-11(17)10(16)5-7/h1-6H,17H2,(H,18,19). The summed E-state index contributed by atoms with van der Waals surface area (Å²) in [6.45, 7) is 0. The lowest BCUT2D eigenvalue weighted by atomic mass is 10.2. The number of hydrogen-bond donors (Lipinski definition) is 2. The second-order valence-electron chi connectivity index (χ2n) is 3.81. The van der Waals surface area contributed by atoms with Crippen molar-refractivity contribution in [3.63, 3.8) is 0 Å². The monoisotopic (exact) mass is 298 g/mol. The van der Waals surface area contributed by atoms with Gasteiger partial charge in [-0.3, -0.25) is 4.79 Å². The highest BCUT2D eigenvalue weighted by atomic mass is 35.5. The van der Waals surface area contributed by atoms with Crippen molar-refractivity contribution in [1.82, 2.24) is 0 Å². The molecule has 6 heteroatoms. The number of halogens is 3. The third-order valence-corrected chi connectivity index (χ3v) is 3.00. The lowest BCUT2D eigenvalue weighted by molar-refractivity contribution is 0.102. The van der Waals surface area contributed by atoms with Crippen molar-refractivity contribution in [2.24, 2.45) is 0 Å². The molecule has 0 bridgehead atoms. The van der Waals surface area contributed by atoms with Crippen LogP contribution in [0, 0.1) is 5.82 Å². The molecule has 0 saturated carbocycles. The number of carbonyl (C=O) groups excluding carboxylic acids is 1. The molecule has 0 aliphatic carbocycles. The van der Waals surface area contributed by atoms with E-state index < -0.39 is 11.7 Å². The van der Waals surface area contributed by atoms with Gasteiger partial charge in [0, 0.05) is 10.6 Å². The van der Waals surface area contributed by atoms with Gasteiger partial charge in [-0.15, -0.1) is 0 Å². The average molecular weight is 299 g/mol. The minimum atomic E-state index is -0.648. The molecule has 0 aromatic heterocycles. The van der Waals surface area contributed by atoms with Crippen LogP contribution in [-0.2, 0) is 0 Å².